The lowest BCUT2D eigenvalue weighted by Gasteiger charge is -2.18. The number of nitrogens with one attached hydrogen (secondary N) is 1. The minimum atomic E-state index is 0.149. The van der Waals surface area contributed by atoms with Gasteiger partial charge in [-0.05, 0) is 60.6 Å². The molecule has 1 atom stereocenters. The molecule has 1 aromatic heterocycles. The average molecular weight is 370 g/mol. The third kappa shape index (κ3) is 3.99. The molecule has 0 saturated heterocycles. The Hall–Kier alpha value is -1.04. The fraction of sp³-hybridized carbons (Fsp3) is 0.375. The highest BCUT2D eigenvalue weighted by molar-refractivity contribution is 9.10. The first-order valence-electron chi connectivity index (χ1n) is 7.00. The van der Waals surface area contributed by atoms with Gasteiger partial charge in [0.2, 0.25) is 0 Å². The molecular formula is C16H20BrNO2S. The minimum Gasteiger partial charge on any atom is -0.490 e. The lowest BCUT2D eigenvalue weighted by atomic mass is 10.0. The summed E-state index contributed by atoms with van der Waals surface area (Å²) in [6, 6.07) is 8.42. The first-order valence-corrected chi connectivity index (χ1v) is 8.67. The van der Waals surface area contributed by atoms with Crippen molar-refractivity contribution in [1.82, 2.24) is 5.32 Å². The summed E-state index contributed by atoms with van der Waals surface area (Å²) in [5, 5.41) is 5.46. The zero-order valence-electron chi connectivity index (χ0n) is 12.5. The van der Waals surface area contributed by atoms with Crippen molar-refractivity contribution in [3.05, 3.63) is 44.6 Å². The molecule has 0 aliphatic carbocycles. The maximum atomic E-state index is 5.71. The molecule has 21 heavy (non-hydrogen) atoms. The van der Waals surface area contributed by atoms with Crippen LogP contribution in [0.15, 0.2) is 34.1 Å². The highest BCUT2D eigenvalue weighted by atomic mass is 79.9. The molecule has 0 saturated carbocycles. The topological polar surface area (TPSA) is 30.5 Å². The fourth-order valence-electron chi connectivity index (χ4n) is 2.20. The van der Waals surface area contributed by atoms with Crippen LogP contribution in [0.4, 0.5) is 0 Å². The van der Waals surface area contributed by atoms with E-state index in [4.69, 9.17) is 9.47 Å². The second-order valence-electron chi connectivity index (χ2n) is 4.46. The van der Waals surface area contributed by atoms with Crippen molar-refractivity contribution in [2.45, 2.75) is 19.9 Å². The predicted octanol–water partition coefficient (Wildman–Crippen LogP) is 4.62. The standard InChI is InChI=1S/C16H20BrNO2S/c1-4-19-13-7-6-11(8-14(13)20-5-2)16(18-3)15-9-12(17)10-21-15/h6-10,16,18H,4-5H2,1-3H3. The van der Waals surface area contributed by atoms with Crippen molar-refractivity contribution in [2.75, 3.05) is 20.3 Å². The lowest BCUT2D eigenvalue weighted by molar-refractivity contribution is 0.287. The summed E-state index contributed by atoms with van der Waals surface area (Å²) >= 11 is 5.24. The zero-order valence-corrected chi connectivity index (χ0v) is 14.9. The molecule has 1 heterocycles. The Bertz CT molecular complexity index is 585. The monoisotopic (exact) mass is 369 g/mol. The van der Waals surface area contributed by atoms with Gasteiger partial charge in [0.15, 0.2) is 11.5 Å². The van der Waals surface area contributed by atoms with Gasteiger partial charge in [-0.2, -0.15) is 0 Å². The molecule has 0 aliphatic heterocycles. The van der Waals surface area contributed by atoms with Crippen molar-refractivity contribution < 1.29 is 9.47 Å². The van der Waals surface area contributed by atoms with Crippen LogP contribution < -0.4 is 14.8 Å². The Morgan fingerprint density at radius 2 is 1.86 bits per heavy atom. The summed E-state index contributed by atoms with van der Waals surface area (Å²) in [5.74, 6) is 1.60. The number of halogens is 1. The van der Waals surface area contributed by atoms with Crippen LogP contribution in [-0.2, 0) is 0 Å². The summed E-state index contributed by atoms with van der Waals surface area (Å²) in [7, 11) is 1.97. The van der Waals surface area contributed by atoms with E-state index in [1.54, 1.807) is 11.3 Å². The van der Waals surface area contributed by atoms with Crippen molar-refractivity contribution >= 4 is 27.3 Å². The number of thiophene rings is 1. The van der Waals surface area contributed by atoms with Crippen LogP contribution in [0, 0.1) is 0 Å². The Labute approximate surface area is 138 Å². The van der Waals surface area contributed by atoms with E-state index >= 15 is 0 Å². The van der Waals surface area contributed by atoms with E-state index in [-0.39, 0.29) is 6.04 Å². The van der Waals surface area contributed by atoms with E-state index < -0.39 is 0 Å². The van der Waals surface area contributed by atoms with Gasteiger partial charge in [0.1, 0.15) is 0 Å². The minimum absolute atomic E-state index is 0.149. The molecule has 0 fully saturated rings. The van der Waals surface area contributed by atoms with Crippen LogP contribution >= 0.6 is 27.3 Å². The molecular weight excluding hydrogens is 350 g/mol. The van der Waals surface area contributed by atoms with Gasteiger partial charge in [-0.25, -0.2) is 0 Å². The number of hydrogen-bond donors (Lipinski definition) is 1. The van der Waals surface area contributed by atoms with Gasteiger partial charge in [0.25, 0.3) is 0 Å². The Kier molecular flexibility index (Phi) is 6.08. The Balaban J connectivity index is 2.35. The molecule has 0 spiro atoms. The quantitative estimate of drug-likeness (QED) is 0.772. The van der Waals surface area contributed by atoms with E-state index in [1.165, 1.54) is 10.4 Å². The molecule has 0 radical (unpaired) electrons. The van der Waals surface area contributed by atoms with E-state index in [0.29, 0.717) is 13.2 Å². The maximum absolute atomic E-state index is 5.71. The molecule has 3 nitrogen and oxygen atoms in total. The third-order valence-electron chi connectivity index (χ3n) is 3.06. The number of rotatable bonds is 7. The largest absolute Gasteiger partial charge is 0.490 e. The lowest BCUT2D eigenvalue weighted by Crippen LogP contribution is -2.16. The summed E-state index contributed by atoms with van der Waals surface area (Å²) in [6.07, 6.45) is 0. The molecule has 2 aromatic rings. The summed E-state index contributed by atoms with van der Waals surface area (Å²) in [6.45, 7) is 5.21. The van der Waals surface area contributed by atoms with E-state index in [2.05, 4.69) is 44.8 Å². The SMILES string of the molecule is CCOc1ccc(C(NC)c2cc(Br)cs2)cc1OCC. The van der Waals surface area contributed by atoms with E-state index in [1.807, 2.05) is 27.0 Å². The highest BCUT2D eigenvalue weighted by Gasteiger charge is 2.16. The fourth-order valence-corrected chi connectivity index (χ4v) is 3.78. The van der Waals surface area contributed by atoms with Crippen LogP contribution in [-0.4, -0.2) is 20.3 Å². The molecule has 114 valence electrons. The Morgan fingerprint density at radius 1 is 1.14 bits per heavy atom. The number of hydrogen-bond acceptors (Lipinski definition) is 4. The van der Waals surface area contributed by atoms with Gasteiger partial charge in [-0.1, -0.05) is 6.07 Å². The summed E-state index contributed by atoms with van der Waals surface area (Å²) in [5.41, 5.74) is 1.17. The maximum Gasteiger partial charge on any atom is 0.161 e. The second kappa shape index (κ2) is 7.82. The van der Waals surface area contributed by atoms with Crippen molar-refractivity contribution in [3.8, 4) is 11.5 Å². The van der Waals surface area contributed by atoms with Gasteiger partial charge in [0.05, 0.1) is 19.3 Å². The third-order valence-corrected chi connectivity index (χ3v) is 4.82. The van der Waals surface area contributed by atoms with Crippen LogP contribution in [0.5, 0.6) is 11.5 Å². The van der Waals surface area contributed by atoms with Crippen molar-refractivity contribution in [1.29, 1.82) is 0 Å². The summed E-state index contributed by atoms with van der Waals surface area (Å²) in [4.78, 5) is 1.26. The van der Waals surface area contributed by atoms with Crippen LogP contribution in [0.25, 0.3) is 0 Å². The zero-order chi connectivity index (χ0) is 15.2. The Morgan fingerprint density at radius 3 is 2.43 bits per heavy atom. The molecule has 0 aliphatic rings. The van der Waals surface area contributed by atoms with Crippen LogP contribution in [0.1, 0.15) is 30.3 Å². The normalized spacial score (nSPS) is 12.2. The molecule has 2 rings (SSSR count). The molecule has 1 unspecified atom stereocenters. The van der Waals surface area contributed by atoms with E-state index in [0.717, 1.165) is 16.0 Å². The smallest absolute Gasteiger partial charge is 0.161 e. The highest BCUT2D eigenvalue weighted by Crippen LogP contribution is 2.35. The second-order valence-corrected chi connectivity index (χ2v) is 6.32. The van der Waals surface area contributed by atoms with Crippen molar-refractivity contribution in [2.24, 2.45) is 0 Å². The first kappa shape index (κ1) is 16.3. The van der Waals surface area contributed by atoms with Gasteiger partial charge >= 0.3 is 0 Å². The van der Waals surface area contributed by atoms with Crippen molar-refractivity contribution in [3.63, 3.8) is 0 Å². The summed E-state index contributed by atoms with van der Waals surface area (Å²) < 4.78 is 12.4. The predicted molar refractivity (Wildman–Crippen MR) is 91.7 cm³/mol. The van der Waals surface area contributed by atoms with Gasteiger partial charge in [-0.3, -0.25) is 0 Å². The van der Waals surface area contributed by atoms with Gasteiger partial charge < -0.3 is 14.8 Å². The number of ether oxygens (including phenoxy) is 2. The molecule has 1 N–H and O–H groups in total. The molecule has 0 bridgehead atoms. The molecule has 1 aromatic carbocycles. The van der Waals surface area contributed by atoms with E-state index in [9.17, 15) is 0 Å². The van der Waals surface area contributed by atoms with Crippen LogP contribution in [0.3, 0.4) is 0 Å². The molecule has 0 amide bonds. The van der Waals surface area contributed by atoms with Gasteiger partial charge in [-0.15, -0.1) is 11.3 Å². The van der Waals surface area contributed by atoms with Gasteiger partial charge in [0, 0.05) is 14.7 Å². The number of benzene rings is 1. The van der Waals surface area contributed by atoms with Crippen LogP contribution in [0.2, 0.25) is 0 Å². The first-order chi connectivity index (χ1) is 10.2. The average Bonchev–Trinajstić information content (AvgIpc) is 2.89. The molecule has 5 heteroatoms.